The Bertz CT molecular complexity index is 331. The standard InChI is InChI=1S/C13H25N3O3/c1-13(2,3)11(14)12(19)16-8-6-15(7-9-16)5-4-10(17)18/h11H,4-9,14H2,1-3H3,(H,17,18)/t11-/m1/s1. The molecule has 0 aromatic rings. The highest BCUT2D eigenvalue weighted by atomic mass is 16.4. The number of piperazine rings is 1. The number of rotatable bonds is 4. The van der Waals surface area contributed by atoms with Crippen LogP contribution < -0.4 is 5.73 Å². The molecule has 0 aliphatic carbocycles. The molecule has 0 saturated carbocycles. The third kappa shape index (κ3) is 4.80. The molecule has 1 aliphatic heterocycles. The molecule has 1 aliphatic rings. The highest BCUT2D eigenvalue weighted by molar-refractivity contribution is 5.82. The fourth-order valence-corrected chi connectivity index (χ4v) is 2.01. The molecule has 0 aromatic heterocycles. The molecule has 1 fully saturated rings. The Labute approximate surface area is 114 Å². The van der Waals surface area contributed by atoms with Gasteiger partial charge in [0.15, 0.2) is 0 Å². The smallest absolute Gasteiger partial charge is 0.304 e. The van der Waals surface area contributed by atoms with Gasteiger partial charge in [-0.2, -0.15) is 0 Å². The predicted molar refractivity (Wildman–Crippen MR) is 72.7 cm³/mol. The molecule has 0 bridgehead atoms. The van der Waals surface area contributed by atoms with Crippen LogP contribution in [-0.4, -0.2) is 65.5 Å². The maximum absolute atomic E-state index is 12.2. The highest BCUT2D eigenvalue weighted by Gasteiger charge is 2.32. The molecule has 110 valence electrons. The minimum Gasteiger partial charge on any atom is -0.481 e. The van der Waals surface area contributed by atoms with Gasteiger partial charge < -0.3 is 15.7 Å². The van der Waals surface area contributed by atoms with E-state index < -0.39 is 12.0 Å². The Balaban J connectivity index is 2.41. The van der Waals surface area contributed by atoms with Crippen LogP contribution in [0.15, 0.2) is 0 Å². The van der Waals surface area contributed by atoms with Crippen LogP contribution in [0.25, 0.3) is 0 Å². The normalized spacial score (nSPS) is 19.3. The van der Waals surface area contributed by atoms with E-state index in [2.05, 4.69) is 4.90 Å². The zero-order valence-corrected chi connectivity index (χ0v) is 12.1. The van der Waals surface area contributed by atoms with Crippen molar-refractivity contribution < 1.29 is 14.7 Å². The van der Waals surface area contributed by atoms with Crippen molar-refractivity contribution in [1.29, 1.82) is 0 Å². The number of carbonyl (C=O) groups is 2. The lowest BCUT2D eigenvalue weighted by molar-refractivity contribution is -0.139. The summed E-state index contributed by atoms with van der Waals surface area (Å²) >= 11 is 0. The van der Waals surface area contributed by atoms with Gasteiger partial charge in [-0.3, -0.25) is 14.5 Å². The van der Waals surface area contributed by atoms with Gasteiger partial charge in [-0.05, 0) is 5.41 Å². The van der Waals surface area contributed by atoms with Crippen molar-refractivity contribution in [2.45, 2.75) is 33.2 Å². The topological polar surface area (TPSA) is 86.9 Å². The number of carboxylic acids is 1. The number of hydrogen-bond acceptors (Lipinski definition) is 4. The lowest BCUT2D eigenvalue weighted by atomic mass is 9.86. The van der Waals surface area contributed by atoms with Crippen molar-refractivity contribution >= 4 is 11.9 Å². The minimum atomic E-state index is -0.784. The van der Waals surface area contributed by atoms with E-state index in [1.165, 1.54) is 0 Å². The maximum atomic E-state index is 12.2. The molecule has 6 heteroatoms. The Morgan fingerprint density at radius 2 is 1.74 bits per heavy atom. The fourth-order valence-electron chi connectivity index (χ4n) is 2.01. The summed E-state index contributed by atoms with van der Waals surface area (Å²) in [5.41, 5.74) is 5.74. The third-order valence-electron chi connectivity index (χ3n) is 3.52. The predicted octanol–water partition coefficient (Wildman–Crippen LogP) is -0.0213. The Kier molecular flexibility index (Phi) is 5.31. The van der Waals surface area contributed by atoms with Crippen LogP contribution in [-0.2, 0) is 9.59 Å². The molecule has 0 spiro atoms. The van der Waals surface area contributed by atoms with Crippen LogP contribution in [0.1, 0.15) is 27.2 Å². The minimum absolute atomic E-state index is 0.00890. The molecule has 1 amide bonds. The number of aliphatic carboxylic acids is 1. The molecule has 1 atom stereocenters. The van der Waals surface area contributed by atoms with Crippen LogP contribution in [0.3, 0.4) is 0 Å². The lowest BCUT2D eigenvalue weighted by Crippen LogP contribution is -2.56. The van der Waals surface area contributed by atoms with E-state index in [0.717, 1.165) is 13.1 Å². The van der Waals surface area contributed by atoms with Gasteiger partial charge in [-0.15, -0.1) is 0 Å². The van der Waals surface area contributed by atoms with Gasteiger partial charge in [-0.25, -0.2) is 0 Å². The second kappa shape index (κ2) is 6.34. The number of carboxylic acid groups (broad SMARTS) is 1. The van der Waals surface area contributed by atoms with Gasteiger partial charge in [0, 0.05) is 32.7 Å². The largest absolute Gasteiger partial charge is 0.481 e. The molecule has 1 saturated heterocycles. The molecule has 0 aromatic carbocycles. The van der Waals surface area contributed by atoms with E-state index >= 15 is 0 Å². The van der Waals surface area contributed by atoms with Gasteiger partial charge in [-0.1, -0.05) is 20.8 Å². The fraction of sp³-hybridized carbons (Fsp3) is 0.846. The zero-order valence-electron chi connectivity index (χ0n) is 12.1. The second-order valence-corrected chi connectivity index (χ2v) is 6.15. The molecular formula is C13H25N3O3. The molecule has 19 heavy (non-hydrogen) atoms. The maximum Gasteiger partial charge on any atom is 0.304 e. The lowest BCUT2D eigenvalue weighted by Gasteiger charge is -2.38. The van der Waals surface area contributed by atoms with Crippen LogP contribution in [0.5, 0.6) is 0 Å². The van der Waals surface area contributed by atoms with E-state index in [1.54, 1.807) is 4.90 Å². The van der Waals surface area contributed by atoms with Gasteiger partial charge in [0.1, 0.15) is 0 Å². The SMILES string of the molecule is CC(C)(C)[C@H](N)C(=O)N1CCN(CCC(=O)O)CC1. The summed E-state index contributed by atoms with van der Waals surface area (Å²) in [7, 11) is 0. The monoisotopic (exact) mass is 271 g/mol. The van der Waals surface area contributed by atoms with Gasteiger partial charge in [0.05, 0.1) is 12.5 Å². The number of carbonyl (C=O) groups excluding carboxylic acids is 1. The summed E-state index contributed by atoms with van der Waals surface area (Å²) in [6, 6.07) is -0.488. The first-order valence-electron chi connectivity index (χ1n) is 6.70. The number of nitrogens with two attached hydrogens (primary N) is 1. The van der Waals surface area contributed by atoms with Crippen LogP contribution in [0.2, 0.25) is 0 Å². The first-order valence-corrected chi connectivity index (χ1v) is 6.70. The van der Waals surface area contributed by atoms with E-state index in [1.807, 2.05) is 20.8 Å². The highest BCUT2D eigenvalue weighted by Crippen LogP contribution is 2.19. The molecule has 0 unspecified atom stereocenters. The first-order chi connectivity index (χ1) is 8.71. The van der Waals surface area contributed by atoms with Crippen molar-refractivity contribution in [1.82, 2.24) is 9.80 Å². The van der Waals surface area contributed by atoms with Crippen molar-refractivity contribution in [2.75, 3.05) is 32.7 Å². The molecule has 3 N–H and O–H groups in total. The molecule has 6 nitrogen and oxygen atoms in total. The second-order valence-electron chi connectivity index (χ2n) is 6.15. The van der Waals surface area contributed by atoms with Gasteiger partial charge in [0.25, 0.3) is 0 Å². The van der Waals surface area contributed by atoms with Gasteiger partial charge in [0.2, 0.25) is 5.91 Å². The number of nitrogens with zero attached hydrogens (tertiary/aromatic N) is 2. The van der Waals surface area contributed by atoms with E-state index in [0.29, 0.717) is 19.6 Å². The van der Waals surface area contributed by atoms with Crippen molar-refractivity contribution in [3.8, 4) is 0 Å². The molecule has 1 heterocycles. The summed E-state index contributed by atoms with van der Waals surface area (Å²) < 4.78 is 0. The average Bonchev–Trinajstić information content (AvgIpc) is 2.34. The number of hydrogen-bond donors (Lipinski definition) is 2. The van der Waals surface area contributed by atoms with Crippen LogP contribution in [0.4, 0.5) is 0 Å². The summed E-state index contributed by atoms with van der Waals surface area (Å²) in [5, 5.41) is 8.64. The molecular weight excluding hydrogens is 246 g/mol. The van der Waals surface area contributed by atoms with Gasteiger partial charge >= 0.3 is 5.97 Å². The van der Waals surface area contributed by atoms with Crippen molar-refractivity contribution in [3.63, 3.8) is 0 Å². The average molecular weight is 271 g/mol. The summed E-state index contributed by atoms with van der Waals surface area (Å²) in [4.78, 5) is 26.6. The van der Waals surface area contributed by atoms with E-state index in [9.17, 15) is 9.59 Å². The Morgan fingerprint density at radius 1 is 1.21 bits per heavy atom. The van der Waals surface area contributed by atoms with Crippen LogP contribution in [0, 0.1) is 5.41 Å². The summed E-state index contributed by atoms with van der Waals surface area (Å²) in [6.07, 6.45) is 0.148. The van der Waals surface area contributed by atoms with Crippen LogP contribution >= 0.6 is 0 Å². The molecule has 0 radical (unpaired) electrons. The Morgan fingerprint density at radius 3 is 2.16 bits per heavy atom. The first kappa shape index (κ1) is 15.9. The quantitative estimate of drug-likeness (QED) is 0.750. The van der Waals surface area contributed by atoms with Crippen molar-refractivity contribution in [2.24, 2.45) is 11.1 Å². The van der Waals surface area contributed by atoms with Crippen molar-refractivity contribution in [3.05, 3.63) is 0 Å². The summed E-state index contributed by atoms with van der Waals surface area (Å²) in [6.45, 7) is 9.11. The zero-order chi connectivity index (χ0) is 14.6. The van der Waals surface area contributed by atoms with E-state index in [-0.39, 0.29) is 17.7 Å². The Hall–Kier alpha value is -1.14. The number of amides is 1. The molecule has 1 rings (SSSR count). The third-order valence-corrected chi connectivity index (χ3v) is 3.52. The summed E-state index contributed by atoms with van der Waals surface area (Å²) in [5.74, 6) is -0.793. The van der Waals surface area contributed by atoms with E-state index in [4.69, 9.17) is 10.8 Å².